The number of amides is 4. The number of alkyl carbamates (subject to hydrolysis) is 2. The molecule has 2 aliphatic carbocycles. The molecule has 0 saturated carbocycles. The summed E-state index contributed by atoms with van der Waals surface area (Å²) in [4.78, 5) is 56.3. The van der Waals surface area contributed by atoms with Gasteiger partial charge in [-0.3, -0.25) is 9.59 Å². The molecule has 3 N–H and O–H groups in total. The second kappa shape index (κ2) is 14.4. The highest BCUT2D eigenvalue weighted by Crippen LogP contribution is 2.44. The van der Waals surface area contributed by atoms with Gasteiger partial charge in [0.25, 0.3) is 0 Å². The maximum absolute atomic E-state index is 14.4. The maximum atomic E-state index is 14.4. The summed E-state index contributed by atoms with van der Waals surface area (Å²) < 4.78 is 11.3. The van der Waals surface area contributed by atoms with Gasteiger partial charge in [0.15, 0.2) is 0 Å². The molecule has 10 nitrogen and oxygen atoms in total. The SMILES string of the molecule is CC(C)(C)OC(=O)NC(C(=O)N1C[C@@H](NC(=O)OCC2c3ccccc3-c3ccccc32)CC1C(=O)NC1CCCc2ccccc21)C(C)(C)C. The number of ether oxygens (including phenoxy) is 2. The highest BCUT2D eigenvalue weighted by Gasteiger charge is 2.46. The molecule has 0 spiro atoms. The molecule has 1 heterocycles. The molecule has 51 heavy (non-hydrogen) atoms. The molecule has 270 valence electrons. The predicted molar refractivity (Wildman–Crippen MR) is 195 cm³/mol. The summed E-state index contributed by atoms with van der Waals surface area (Å²) in [5.41, 5.74) is 5.30. The number of nitrogens with zero attached hydrogens (tertiary/aromatic N) is 1. The molecule has 1 saturated heterocycles. The number of aryl methyl sites for hydroxylation is 1. The number of rotatable bonds is 7. The molecule has 3 unspecified atom stereocenters. The van der Waals surface area contributed by atoms with Gasteiger partial charge in [-0.2, -0.15) is 0 Å². The van der Waals surface area contributed by atoms with Crippen molar-refractivity contribution in [2.24, 2.45) is 5.41 Å². The van der Waals surface area contributed by atoms with Crippen LogP contribution in [0.5, 0.6) is 0 Å². The second-order valence-electron chi connectivity index (χ2n) is 16.0. The maximum Gasteiger partial charge on any atom is 0.408 e. The van der Waals surface area contributed by atoms with Crippen LogP contribution < -0.4 is 16.0 Å². The first-order chi connectivity index (χ1) is 24.2. The minimum absolute atomic E-state index is 0.0744. The van der Waals surface area contributed by atoms with E-state index in [4.69, 9.17) is 9.47 Å². The van der Waals surface area contributed by atoms with E-state index in [2.05, 4.69) is 46.3 Å². The van der Waals surface area contributed by atoms with Crippen molar-refractivity contribution in [1.82, 2.24) is 20.9 Å². The summed E-state index contributed by atoms with van der Waals surface area (Å²) in [6, 6.07) is 21.8. The number of nitrogens with one attached hydrogen (secondary N) is 3. The molecule has 0 bridgehead atoms. The van der Waals surface area contributed by atoms with Crippen LogP contribution in [0.15, 0.2) is 72.8 Å². The third kappa shape index (κ3) is 8.05. The molecule has 3 aromatic rings. The van der Waals surface area contributed by atoms with Crippen molar-refractivity contribution in [3.8, 4) is 11.1 Å². The zero-order valence-electron chi connectivity index (χ0n) is 30.5. The topological polar surface area (TPSA) is 126 Å². The van der Waals surface area contributed by atoms with Crippen molar-refractivity contribution in [2.45, 2.75) is 103 Å². The average molecular weight is 695 g/mol. The van der Waals surface area contributed by atoms with E-state index >= 15 is 0 Å². The Kier molecular flexibility index (Phi) is 10.2. The van der Waals surface area contributed by atoms with Gasteiger partial charge in [0.05, 0.1) is 12.1 Å². The Bertz CT molecular complexity index is 1750. The van der Waals surface area contributed by atoms with Crippen LogP contribution in [0, 0.1) is 5.41 Å². The lowest BCUT2D eigenvalue weighted by Crippen LogP contribution is -2.58. The molecule has 0 aromatic heterocycles. The zero-order chi connectivity index (χ0) is 36.5. The highest BCUT2D eigenvalue weighted by atomic mass is 16.6. The fourth-order valence-corrected chi connectivity index (χ4v) is 7.65. The van der Waals surface area contributed by atoms with Crippen LogP contribution in [-0.2, 0) is 25.5 Å². The van der Waals surface area contributed by atoms with Crippen LogP contribution in [0.1, 0.15) is 95.0 Å². The van der Waals surface area contributed by atoms with Gasteiger partial charge < -0.3 is 30.3 Å². The van der Waals surface area contributed by atoms with Gasteiger partial charge in [0.2, 0.25) is 11.8 Å². The Balaban J connectivity index is 1.19. The van der Waals surface area contributed by atoms with Crippen molar-refractivity contribution in [3.63, 3.8) is 0 Å². The average Bonchev–Trinajstić information content (AvgIpc) is 3.64. The van der Waals surface area contributed by atoms with Gasteiger partial charge in [0.1, 0.15) is 24.3 Å². The van der Waals surface area contributed by atoms with E-state index in [1.807, 2.05) is 63.2 Å². The number of hydrogen-bond donors (Lipinski definition) is 3. The van der Waals surface area contributed by atoms with Crippen LogP contribution >= 0.6 is 0 Å². The Morgan fingerprint density at radius 3 is 2.04 bits per heavy atom. The number of carbonyl (C=O) groups is 4. The summed E-state index contributed by atoms with van der Waals surface area (Å²) in [5, 5.41) is 8.93. The van der Waals surface area contributed by atoms with Crippen LogP contribution in [-0.4, -0.2) is 65.8 Å². The molecule has 0 radical (unpaired) electrons. The van der Waals surface area contributed by atoms with Gasteiger partial charge in [0, 0.05) is 12.5 Å². The number of fused-ring (bicyclic) bond motifs is 4. The lowest BCUT2D eigenvalue weighted by molar-refractivity contribution is -0.142. The van der Waals surface area contributed by atoms with E-state index in [9.17, 15) is 19.2 Å². The molecule has 6 rings (SSSR count). The lowest BCUT2D eigenvalue weighted by Gasteiger charge is -2.36. The van der Waals surface area contributed by atoms with Gasteiger partial charge in [-0.15, -0.1) is 0 Å². The molecule has 10 heteroatoms. The Hall–Kier alpha value is -4.86. The van der Waals surface area contributed by atoms with Crippen molar-refractivity contribution < 1.29 is 28.7 Å². The van der Waals surface area contributed by atoms with E-state index in [0.29, 0.717) is 0 Å². The third-order valence-corrected chi connectivity index (χ3v) is 10.0. The van der Waals surface area contributed by atoms with Crippen LogP contribution in [0.4, 0.5) is 9.59 Å². The van der Waals surface area contributed by atoms with Gasteiger partial charge >= 0.3 is 12.2 Å². The molecule has 3 aliphatic rings. The third-order valence-electron chi connectivity index (χ3n) is 10.0. The molecular formula is C41H50N4O6. The van der Waals surface area contributed by atoms with Gasteiger partial charge in [-0.25, -0.2) is 9.59 Å². The largest absolute Gasteiger partial charge is 0.449 e. The summed E-state index contributed by atoms with van der Waals surface area (Å²) in [7, 11) is 0. The molecule has 4 atom stereocenters. The van der Waals surface area contributed by atoms with Crippen molar-refractivity contribution in [2.75, 3.05) is 13.2 Å². The van der Waals surface area contributed by atoms with Crippen LogP contribution in [0.25, 0.3) is 11.1 Å². The van der Waals surface area contributed by atoms with Crippen molar-refractivity contribution in [3.05, 3.63) is 95.1 Å². The Morgan fingerprint density at radius 1 is 0.804 bits per heavy atom. The first-order valence-electron chi connectivity index (χ1n) is 18.0. The van der Waals surface area contributed by atoms with E-state index in [1.54, 1.807) is 20.8 Å². The number of likely N-dealkylation sites (tertiary alicyclic amines) is 1. The predicted octanol–water partition coefficient (Wildman–Crippen LogP) is 6.63. The molecule has 3 aromatic carbocycles. The first kappa shape index (κ1) is 35.9. The smallest absolute Gasteiger partial charge is 0.408 e. The Morgan fingerprint density at radius 2 is 1.41 bits per heavy atom. The summed E-state index contributed by atoms with van der Waals surface area (Å²) in [5.74, 6) is -0.825. The molecule has 1 aliphatic heterocycles. The van der Waals surface area contributed by atoms with Gasteiger partial charge in [-0.05, 0) is 85.3 Å². The van der Waals surface area contributed by atoms with Crippen LogP contribution in [0.3, 0.4) is 0 Å². The second-order valence-corrected chi connectivity index (χ2v) is 16.0. The normalized spacial score (nSPS) is 20.4. The van der Waals surface area contributed by atoms with Gasteiger partial charge in [-0.1, -0.05) is 93.6 Å². The molecule has 1 fully saturated rings. The van der Waals surface area contributed by atoms with E-state index < -0.39 is 47.2 Å². The summed E-state index contributed by atoms with van der Waals surface area (Å²) in [6.45, 7) is 11.0. The lowest BCUT2D eigenvalue weighted by atomic mass is 9.85. The minimum atomic E-state index is -0.994. The highest BCUT2D eigenvalue weighted by molar-refractivity contribution is 5.93. The van der Waals surface area contributed by atoms with E-state index in [0.717, 1.165) is 47.1 Å². The molecular weight excluding hydrogens is 644 g/mol. The van der Waals surface area contributed by atoms with E-state index in [1.165, 1.54) is 10.5 Å². The van der Waals surface area contributed by atoms with Crippen LogP contribution in [0.2, 0.25) is 0 Å². The van der Waals surface area contributed by atoms with E-state index in [-0.39, 0.29) is 37.4 Å². The quantitative estimate of drug-likeness (QED) is 0.255. The Labute approximate surface area is 300 Å². The number of benzene rings is 3. The fourth-order valence-electron chi connectivity index (χ4n) is 7.65. The fraction of sp³-hybridized carbons (Fsp3) is 0.463. The minimum Gasteiger partial charge on any atom is -0.449 e. The zero-order valence-corrected chi connectivity index (χ0v) is 30.5. The standard InChI is InChI=1S/C41H50N4O6/c1-40(2,3)35(44-39(49)51-41(4,5)6)37(47)45-23-26(22-34(45)36(46)43-33-21-13-15-25-14-7-8-16-27(25)33)42-38(48)50-24-32-30-19-11-9-17-28(30)29-18-10-12-20-31(29)32/h7-12,14,16-20,26,32-35H,13,15,21-24H2,1-6H3,(H,42,48)(H,43,46)(H,44,49)/t26-,33?,34?,35?/m0/s1. The summed E-state index contributed by atoms with van der Waals surface area (Å²) in [6.07, 6.45) is 1.54. The summed E-state index contributed by atoms with van der Waals surface area (Å²) >= 11 is 0. The molecule has 4 amide bonds. The number of hydrogen-bond acceptors (Lipinski definition) is 6. The van der Waals surface area contributed by atoms with Crippen molar-refractivity contribution >= 4 is 24.0 Å². The van der Waals surface area contributed by atoms with Crippen molar-refractivity contribution in [1.29, 1.82) is 0 Å². The first-order valence-corrected chi connectivity index (χ1v) is 18.0. The number of carbonyl (C=O) groups excluding carboxylic acids is 4. The monoisotopic (exact) mass is 694 g/mol.